The topological polar surface area (TPSA) is 73.1 Å². The lowest BCUT2D eigenvalue weighted by Gasteiger charge is -2.23. The standard InChI is InChI=1S/C20H19N5O2S/c26-19(13-25-17-9-3-1-7-15(17)22-23-25)24(12-14-6-5-11-27-14)20-21-16-8-2-4-10-18(16)28-20/h1-4,7-10,14H,5-6,11-13H2. The van der Waals surface area contributed by atoms with Crippen LogP contribution in [-0.2, 0) is 16.1 Å². The zero-order valence-electron chi connectivity index (χ0n) is 15.2. The average Bonchev–Trinajstić information content (AvgIpc) is 3.46. The Bertz CT molecular complexity index is 1100. The summed E-state index contributed by atoms with van der Waals surface area (Å²) in [5, 5.41) is 9.00. The largest absolute Gasteiger partial charge is 0.376 e. The van der Waals surface area contributed by atoms with Gasteiger partial charge in [0.25, 0.3) is 5.91 Å². The summed E-state index contributed by atoms with van der Waals surface area (Å²) < 4.78 is 8.49. The monoisotopic (exact) mass is 393 g/mol. The van der Waals surface area contributed by atoms with Crippen molar-refractivity contribution >= 4 is 43.6 Å². The number of benzene rings is 2. The molecule has 2 aromatic carbocycles. The molecule has 1 aliphatic rings. The molecule has 3 heterocycles. The third-order valence-electron chi connectivity index (χ3n) is 4.93. The van der Waals surface area contributed by atoms with Gasteiger partial charge in [0.15, 0.2) is 5.13 Å². The van der Waals surface area contributed by atoms with E-state index in [0.29, 0.717) is 11.7 Å². The lowest BCUT2D eigenvalue weighted by molar-refractivity contribution is -0.119. The number of anilines is 1. The number of rotatable bonds is 5. The summed E-state index contributed by atoms with van der Waals surface area (Å²) in [4.78, 5) is 19.7. The number of fused-ring (bicyclic) bond motifs is 2. The van der Waals surface area contributed by atoms with Gasteiger partial charge in [-0.05, 0) is 37.1 Å². The summed E-state index contributed by atoms with van der Waals surface area (Å²) >= 11 is 1.53. The van der Waals surface area contributed by atoms with Crippen LogP contribution in [0.25, 0.3) is 21.3 Å². The summed E-state index contributed by atoms with van der Waals surface area (Å²) in [6.45, 7) is 1.37. The van der Waals surface area contributed by atoms with Crippen LogP contribution in [0, 0.1) is 0 Å². The van der Waals surface area contributed by atoms with Crippen molar-refractivity contribution in [3.8, 4) is 0 Å². The minimum absolute atomic E-state index is 0.0449. The predicted octanol–water partition coefficient (Wildman–Crippen LogP) is 3.25. The highest BCUT2D eigenvalue weighted by Crippen LogP contribution is 2.30. The third kappa shape index (κ3) is 3.25. The van der Waals surface area contributed by atoms with E-state index in [9.17, 15) is 4.79 Å². The molecular weight excluding hydrogens is 374 g/mol. The molecule has 0 saturated carbocycles. The Morgan fingerprint density at radius 2 is 2.00 bits per heavy atom. The minimum atomic E-state index is -0.0646. The summed E-state index contributed by atoms with van der Waals surface area (Å²) in [7, 11) is 0. The van der Waals surface area contributed by atoms with Gasteiger partial charge >= 0.3 is 0 Å². The van der Waals surface area contributed by atoms with E-state index in [1.54, 1.807) is 9.58 Å². The first-order chi connectivity index (χ1) is 13.8. The molecule has 0 aliphatic carbocycles. The van der Waals surface area contributed by atoms with Gasteiger partial charge in [0.05, 0.1) is 28.4 Å². The van der Waals surface area contributed by atoms with E-state index < -0.39 is 0 Å². The van der Waals surface area contributed by atoms with Gasteiger partial charge in [-0.2, -0.15) is 0 Å². The maximum absolute atomic E-state index is 13.3. The Labute approximate surface area is 165 Å². The molecular formula is C20H19N5O2S. The van der Waals surface area contributed by atoms with Crippen molar-refractivity contribution in [3.63, 3.8) is 0 Å². The molecule has 2 aromatic heterocycles. The van der Waals surface area contributed by atoms with Crippen molar-refractivity contribution < 1.29 is 9.53 Å². The minimum Gasteiger partial charge on any atom is -0.376 e. The molecule has 1 aliphatic heterocycles. The molecule has 0 N–H and O–H groups in total. The lowest BCUT2D eigenvalue weighted by Crippen LogP contribution is -2.39. The number of thiazole rings is 1. The lowest BCUT2D eigenvalue weighted by atomic mass is 10.2. The Balaban J connectivity index is 1.46. The molecule has 0 bridgehead atoms. The van der Waals surface area contributed by atoms with E-state index in [0.717, 1.165) is 40.7 Å². The highest BCUT2D eigenvalue weighted by atomic mass is 32.1. The van der Waals surface area contributed by atoms with Crippen LogP contribution in [-0.4, -0.2) is 45.1 Å². The average molecular weight is 393 g/mol. The number of para-hydroxylation sites is 2. The van der Waals surface area contributed by atoms with Crippen LogP contribution in [0.2, 0.25) is 0 Å². The highest BCUT2D eigenvalue weighted by molar-refractivity contribution is 7.22. The Kier molecular flexibility index (Phi) is 4.50. The van der Waals surface area contributed by atoms with E-state index in [2.05, 4.69) is 10.3 Å². The van der Waals surface area contributed by atoms with Gasteiger partial charge in [0.2, 0.25) is 0 Å². The van der Waals surface area contributed by atoms with Gasteiger partial charge in [0, 0.05) is 6.61 Å². The van der Waals surface area contributed by atoms with Crippen LogP contribution in [0.15, 0.2) is 48.5 Å². The normalized spacial score (nSPS) is 16.8. The number of ether oxygens (including phenoxy) is 1. The molecule has 1 amide bonds. The van der Waals surface area contributed by atoms with Gasteiger partial charge in [0.1, 0.15) is 12.1 Å². The van der Waals surface area contributed by atoms with Crippen LogP contribution in [0.1, 0.15) is 12.8 Å². The Hall–Kier alpha value is -2.84. The zero-order valence-corrected chi connectivity index (χ0v) is 16.0. The molecule has 1 fully saturated rings. The van der Waals surface area contributed by atoms with Crippen LogP contribution in [0.3, 0.4) is 0 Å². The van der Waals surface area contributed by atoms with Gasteiger partial charge in [-0.15, -0.1) is 5.10 Å². The van der Waals surface area contributed by atoms with E-state index in [1.165, 1.54) is 11.3 Å². The second-order valence-corrected chi connectivity index (χ2v) is 7.85. The summed E-state index contributed by atoms with van der Waals surface area (Å²) in [6.07, 6.45) is 2.03. The molecule has 0 spiro atoms. The smallest absolute Gasteiger partial charge is 0.250 e. The maximum Gasteiger partial charge on any atom is 0.250 e. The number of carbonyl (C=O) groups is 1. The van der Waals surface area contributed by atoms with Gasteiger partial charge in [-0.3, -0.25) is 9.69 Å². The van der Waals surface area contributed by atoms with Crippen molar-refractivity contribution in [1.29, 1.82) is 0 Å². The summed E-state index contributed by atoms with van der Waals surface area (Å²) in [6, 6.07) is 15.6. The van der Waals surface area contributed by atoms with Gasteiger partial charge < -0.3 is 4.74 Å². The Morgan fingerprint density at radius 1 is 1.18 bits per heavy atom. The first-order valence-electron chi connectivity index (χ1n) is 9.34. The third-order valence-corrected chi connectivity index (χ3v) is 5.99. The van der Waals surface area contributed by atoms with Crippen LogP contribution in [0.4, 0.5) is 5.13 Å². The molecule has 7 nitrogen and oxygen atoms in total. The highest BCUT2D eigenvalue weighted by Gasteiger charge is 2.26. The maximum atomic E-state index is 13.3. The van der Waals surface area contributed by atoms with Crippen molar-refractivity contribution in [1.82, 2.24) is 20.0 Å². The quantitative estimate of drug-likeness (QED) is 0.520. The number of amides is 1. The first kappa shape index (κ1) is 17.3. The van der Waals surface area contributed by atoms with Crippen LogP contribution in [0.5, 0.6) is 0 Å². The fourth-order valence-electron chi connectivity index (χ4n) is 3.50. The predicted molar refractivity (Wildman–Crippen MR) is 108 cm³/mol. The van der Waals surface area contributed by atoms with Gasteiger partial charge in [-0.25, -0.2) is 9.67 Å². The molecule has 1 atom stereocenters. The molecule has 4 aromatic rings. The fraction of sp³-hybridized carbons (Fsp3) is 0.300. The van der Waals surface area contributed by atoms with E-state index in [1.807, 2.05) is 48.5 Å². The number of hydrogen-bond acceptors (Lipinski definition) is 6. The zero-order chi connectivity index (χ0) is 18.9. The van der Waals surface area contributed by atoms with Crippen LogP contribution >= 0.6 is 11.3 Å². The SMILES string of the molecule is O=C(Cn1nnc2ccccc21)N(CC1CCCO1)c1nc2ccccc2s1. The number of nitrogens with zero attached hydrogens (tertiary/aromatic N) is 5. The number of hydrogen-bond donors (Lipinski definition) is 0. The van der Waals surface area contributed by atoms with Crippen LogP contribution < -0.4 is 4.90 Å². The Morgan fingerprint density at radius 3 is 2.82 bits per heavy atom. The number of carbonyl (C=O) groups excluding carboxylic acids is 1. The molecule has 142 valence electrons. The summed E-state index contributed by atoms with van der Waals surface area (Å²) in [5.74, 6) is -0.0646. The van der Waals surface area contributed by atoms with Crippen molar-refractivity contribution in [2.45, 2.75) is 25.5 Å². The fourth-order valence-corrected chi connectivity index (χ4v) is 4.49. The second kappa shape index (κ2) is 7.29. The summed E-state index contributed by atoms with van der Waals surface area (Å²) in [5.41, 5.74) is 2.53. The molecule has 1 unspecified atom stereocenters. The van der Waals surface area contributed by atoms with E-state index in [4.69, 9.17) is 9.72 Å². The van der Waals surface area contributed by atoms with Crippen molar-refractivity contribution in [2.24, 2.45) is 0 Å². The van der Waals surface area contributed by atoms with Gasteiger partial charge in [-0.1, -0.05) is 40.8 Å². The molecule has 8 heteroatoms. The number of aromatic nitrogens is 4. The first-order valence-corrected chi connectivity index (χ1v) is 10.2. The van der Waals surface area contributed by atoms with Crippen molar-refractivity contribution in [3.05, 3.63) is 48.5 Å². The van der Waals surface area contributed by atoms with Crippen molar-refractivity contribution in [2.75, 3.05) is 18.1 Å². The molecule has 28 heavy (non-hydrogen) atoms. The molecule has 5 rings (SSSR count). The van der Waals surface area contributed by atoms with E-state index >= 15 is 0 Å². The molecule has 0 radical (unpaired) electrons. The van der Waals surface area contributed by atoms with E-state index in [-0.39, 0.29) is 18.6 Å². The molecule has 1 saturated heterocycles. The second-order valence-electron chi connectivity index (χ2n) is 6.84.